The highest BCUT2D eigenvalue weighted by molar-refractivity contribution is 7.92. The average molecular weight is 417 g/mol. The van der Waals surface area contributed by atoms with Crippen molar-refractivity contribution in [2.24, 2.45) is 0 Å². The Bertz CT molecular complexity index is 1190. The molecule has 0 bridgehead atoms. The maximum Gasteiger partial charge on any atom is 0.342 e. The predicted octanol–water partition coefficient (Wildman–Crippen LogP) is 3.81. The van der Waals surface area contributed by atoms with Crippen molar-refractivity contribution >= 4 is 38.6 Å². The molecule has 1 heterocycles. The monoisotopic (exact) mass is 417 g/mol. The number of hydrogen-bond acceptors (Lipinski definition) is 6. The molecule has 0 saturated carbocycles. The molecule has 29 heavy (non-hydrogen) atoms. The van der Waals surface area contributed by atoms with E-state index in [0.29, 0.717) is 23.2 Å². The molecule has 2 N–H and O–H groups in total. The van der Waals surface area contributed by atoms with Gasteiger partial charge in [-0.15, -0.1) is 0 Å². The van der Waals surface area contributed by atoms with E-state index in [9.17, 15) is 18.0 Å². The van der Waals surface area contributed by atoms with Crippen molar-refractivity contribution in [3.63, 3.8) is 0 Å². The molecular weight excluding hydrogens is 398 g/mol. The molecule has 0 saturated heterocycles. The molecule has 0 spiro atoms. The van der Waals surface area contributed by atoms with Crippen LogP contribution in [0.15, 0.2) is 51.8 Å². The van der Waals surface area contributed by atoms with Crippen molar-refractivity contribution in [3.8, 4) is 0 Å². The Labute approximate surface area is 167 Å². The minimum absolute atomic E-state index is 0.144. The number of carboxylic acids is 1. The van der Waals surface area contributed by atoms with E-state index >= 15 is 0 Å². The quantitative estimate of drug-likeness (QED) is 0.560. The van der Waals surface area contributed by atoms with Gasteiger partial charge in [0.2, 0.25) is 0 Å². The molecule has 2 aromatic carbocycles. The predicted molar refractivity (Wildman–Crippen MR) is 106 cm³/mol. The summed E-state index contributed by atoms with van der Waals surface area (Å²) in [5.41, 5.74) is 0.711. The Kier molecular flexibility index (Phi) is 5.60. The van der Waals surface area contributed by atoms with Gasteiger partial charge in [0.25, 0.3) is 10.0 Å². The molecule has 152 valence electrons. The fourth-order valence-corrected chi connectivity index (χ4v) is 3.91. The van der Waals surface area contributed by atoms with Gasteiger partial charge in [0.1, 0.15) is 16.9 Å². The van der Waals surface area contributed by atoms with Crippen LogP contribution in [0, 0.1) is 6.92 Å². The van der Waals surface area contributed by atoms with Gasteiger partial charge in [-0.2, -0.15) is 0 Å². The van der Waals surface area contributed by atoms with E-state index in [2.05, 4.69) is 4.72 Å². The van der Waals surface area contributed by atoms with Gasteiger partial charge < -0.3 is 14.3 Å². The zero-order valence-corrected chi connectivity index (χ0v) is 16.6. The number of sulfonamides is 1. The van der Waals surface area contributed by atoms with E-state index in [4.69, 9.17) is 14.3 Å². The van der Waals surface area contributed by atoms with Crippen molar-refractivity contribution in [2.45, 2.75) is 25.2 Å². The van der Waals surface area contributed by atoms with Crippen molar-refractivity contribution in [3.05, 3.63) is 59.4 Å². The van der Waals surface area contributed by atoms with Crippen molar-refractivity contribution in [1.29, 1.82) is 0 Å². The number of esters is 1. The fraction of sp³-hybridized carbons (Fsp3) is 0.200. The molecule has 0 aliphatic rings. The Hall–Kier alpha value is -3.33. The van der Waals surface area contributed by atoms with E-state index < -0.39 is 22.0 Å². The number of fused-ring (bicyclic) bond motifs is 1. The minimum Gasteiger partial charge on any atom is -0.478 e. The molecule has 3 rings (SSSR count). The van der Waals surface area contributed by atoms with E-state index in [0.717, 1.165) is 6.07 Å². The molecule has 8 nitrogen and oxygen atoms in total. The van der Waals surface area contributed by atoms with E-state index in [-0.39, 0.29) is 28.3 Å². The Morgan fingerprint density at radius 2 is 1.93 bits per heavy atom. The minimum atomic E-state index is -4.04. The SMILES string of the molecule is CCCOC(=O)c1c(C)oc2ccc(NS(=O)(=O)c3cccc(C(=O)O)c3)cc12. The van der Waals surface area contributed by atoms with Crippen LogP contribution in [0.5, 0.6) is 0 Å². The summed E-state index contributed by atoms with van der Waals surface area (Å²) in [7, 11) is -4.04. The summed E-state index contributed by atoms with van der Waals surface area (Å²) in [6.07, 6.45) is 0.668. The number of rotatable bonds is 7. The van der Waals surface area contributed by atoms with E-state index in [1.165, 1.54) is 30.3 Å². The molecule has 0 amide bonds. The van der Waals surface area contributed by atoms with Gasteiger partial charge in [-0.05, 0) is 49.7 Å². The first-order chi connectivity index (χ1) is 13.7. The third-order valence-electron chi connectivity index (χ3n) is 4.15. The highest BCUT2D eigenvalue weighted by Crippen LogP contribution is 2.30. The summed E-state index contributed by atoms with van der Waals surface area (Å²) < 4.78 is 38.5. The largest absolute Gasteiger partial charge is 0.478 e. The molecule has 0 fully saturated rings. The number of nitrogens with one attached hydrogen (secondary N) is 1. The fourth-order valence-electron chi connectivity index (χ4n) is 2.81. The van der Waals surface area contributed by atoms with E-state index in [1.54, 1.807) is 13.0 Å². The second-order valence-corrected chi connectivity index (χ2v) is 8.00. The maximum absolute atomic E-state index is 12.7. The molecule has 0 unspecified atom stereocenters. The van der Waals surface area contributed by atoms with Gasteiger partial charge in [-0.3, -0.25) is 4.72 Å². The molecule has 0 aliphatic carbocycles. The summed E-state index contributed by atoms with van der Waals surface area (Å²) >= 11 is 0. The first-order valence-corrected chi connectivity index (χ1v) is 10.3. The van der Waals surface area contributed by atoms with Gasteiger partial charge in [-0.1, -0.05) is 13.0 Å². The lowest BCUT2D eigenvalue weighted by Crippen LogP contribution is -2.13. The standard InChI is InChI=1S/C20H19NO7S/c1-3-9-27-20(24)18-12(2)28-17-8-7-14(11-16(17)18)21-29(25,26)15-6-4-5-13(10-15)19(22)23/h4-8,10-11,21H,3,9H2,1-2H3,(H,22,23). The number of benzene rings is 2. The van der Waals surface area contributed by atoms with Gasteiger partial charge in [0.05, 0.1) is 17.1 Å². The number of aryl methyl sites for hydroxylation is 1. The van der Waals surface area contributed by atoms with Crippen LogP contribution in [0.3, 0.4) is 0 Å². The van der Waals surface area contributed by atoms with Crippen LogP contribution < -0.4 is 4.72 Å². The third kappa shape index (κ3) is 4.24. The zero-order chi connectivity index (χ0) is 21.2. The van der Waals surface area contributed by atoms with Crippen LogP contribution in [0.4, 0.5) is 5.69 Å². The number of aromatic carboxylic acids is 1. The molecule has 1 aromatic heterocycles. The first kappa shape index (κ1) is 20.4. The molecule has 0 aliphatic heterocycles. The lowest BCUT2D eigenvalue weighted by molar-refractivity contribution is 0.0504. The van der Waals surface area contributed by atoms with Gasteiger partial charge in [0, 0.05) is 11.1 Å². The molecule has 9 heteroatoms. The molecule has 0 atom stereocenters. The summed E-state index contributed by atoms with van der Waals surface area (Å²) in [5, 5.41) is 9.48. The molecule has 0 radical (unpaired) electrons. The second-order valence-electron chi connectivity index (χ2n) is 6.32. The number of anilines is 1. The topological polar surface area (TPSA) is 123 Å². The highest BCUT2D eigenvalue weighted by atomic mass is 32.2. The Balaban J connectivity index is 1.97. The summed E-state index contributed by atoms with van der Waals surface area (Å²) in [4.78, 5) is 23.2. The first-order valence-electron chi connectivity index (χ1n) is 8.79. The third-order valence-corrected chi connectivity index (χ3v) is 5.53. The van der Waals surface area contributed by atoms with Crippen LogP contribution in [0.1, 0.15) is 39.8 Å². The molecular formula is C20H19NO7S. The summed E-state index contributed by atoms with van der Waals surface area (Å²) in [5.74, 6) is -1.40. The number of hydrogen-bond donors (Lipinski definition) is 2. The Morgan fingerprint density at radius 1 is 1.17 bits per heavy atom. The van der Waals surface area contributed by atoms with Crippen LogP contribution in [0.25, 0.3) is 11.0 Å². The maximum atomic E-state index is 12.7. The average Bonchev–Trinajstić information content (AvgIpc) is 3.01. The number of carbonyl (C=O) groups is 2. The number of ether oxygens (including phenoxy) is 1. The van der Waals surface area contributed by atoms with Crippen LogP contribution in [-0.2, 0) is 14.8 Å². The summed E-state index contributed by atoms with van der Waals surface area (Å²) in [6, 6.07) is 9.53. The number of carboxylic acid groups (broad SMARTS) is 1. The van der Waals surface area contributed by atoms with Crippen molar-refractivity contribution in [2.75, 3.05) is 11.3 Å². The van der Waals surface area contributed by atoms with Crippen molar-refractivity contribution < 1.29 is 32.3 Å². The van der Waals surface area contributed by atoms with E-state index in [1.807, 2.05) is 6.92 Å². The normalized spacial score (nSPS) is 11.4. The van der Waals surface area contributed by atoms with Crippen LogP contribution >= 0.6 is 0 Å². The lowest BCUT2D eigenvalue weighted by Gasteiger charge is -2.09. The van der Waals surface area contributed by atoms with Crippen LogP contribution in [0.2, 0.25) is 0 Å². The smallest absolute Gasteiger partial charge is 0.342 e. The number of furan rings is 1. The second kappa shape index (κ2) is 7.96. The summed E-state index contributed by atoms with van der Waals surface area (Å²) in [6.45, 7) is 3.76. The van der Waals surface area contributed by atoms with Crippen molar-refractivity contribution in [1.82, 2.24) is 0 Å². The highest BCUT2D eigenvalue weighted by Gasteiger charge is 2.21. The zero-order valence-electron chi connectivity index (χ0n) is 15.8. The number of carbonyl (C=O) groups excluding carboxylic acids is 1. The van der Waals surface area contributed by atoms with Gasteiger partial charge in [-0.25, -0.2) is 18.0 Å². The van der Waals surface area contributed by atoms with Crippen LogP contribution in [-0.4, -0.2) is 32.1 Å². The lowest BCUT2D eigenvalue weighted by atomic mass is 10.1. The molecule has 3 aromatic rings. The Morgan fingerprint density at radius 3 is 2.62 bits per heavy atom. The van der Waals surface area contributed by atoms with Gasteiger partial charge in [0.15, 0.2) is 0 Å². The van der Waals surface area contributed by atoms with Gasteiger partial charge >= 0.3 is 11.9 Å².